The predicted octanol–water partition coefficient (Wildman–Crippen LogP) is 4.10. The van der Waals surface area contributed by atoms with E-state index in [0.29, 0.717) is 41.7 Å². The fourth-order valence-corrected chi connectivity index (χ4v) is 2.08. The highest BCUT2D eigenvalue weighted by molar-refractivity contribution is 6.04. The molecule has 3 N–H and O–H groups in total. The molecule has 0 spiro atoms. The van der Waals surface area contributed by atoms with E-state index in [9.17, 15) is 4.79 Å². The Balaban J connectivity index is 2.14. The van der Waals surface area contributed by atoms with Crippen LogP contribution in [0.1, 0.15) is 37.0 Å². The van der Waals surface area contributed by atoms with E-state index in [1.165, 1.54) is 0 Å². The van der Waals surface area contributed by atoms with E-state index in [2.05, 4.69) is 5.32 Å². The Bertz CT molecular complexity index is 669. The van der Waals surface area contributed by atoms with E-state index >= 15 is 0 Å². The lowest BCUT2D eigenvalue weighted by Crippen LogP contribution is -2.12. The van der Waals surface area contributed by atoms with Gasteiger partial charge in [-0.15, -0.1) is 0 Å². The predicted molar refractivity (Wildman–Crippen MR) is 96.8 cm³/mol. The molecular formula is C19H24N2O3. The molecule has 0 heterocycles. The quantitative estimate of drug-likeness (QED) is 0.716. The average molecular weight is 328 g/mol. The second-order valence-corrected chi connectivity index (χ2v) is 5.43. The molecule has 2 rings (SSSR count). The molecule has 2 aromatic rings. The minimum absolute atomic E-state index is 0.196. The Labute approximate surface area is 142 Å². The van der Waals surface area contributed by atoms with Gasteiger partial charge in [-0.2, -0.15) is 0 Å². The van der Waals surface area contributed by atoms with Crippen LogP contribution in [0, 0.1) is 0 Å². The van der Waals surface area contributed by atoms with Crippen molar-refractivity contribution in [3.63, 3.8) is 0 Å². The fraction of sp³-hybridized carbons (Fsp3) is 0.316. The maximum atomic E-state index is 12.3. The Morgan fingerprint density at radius 3 is 2.21 bits per heavy atom. The van der Waals surface area contributed by atoms with Gasteiger partial charge < -0.3 is 20.5 Å². The summed E-state index contributed by atoms with van der Waals surface area (Å²) >= 11 is 0. The Morgan fingerprint density at radius 2 is 1.58 bits per heavy atom. The van der Waals surface area contributed by atoms with E-state index < -0.39 is 0 Å². The van der Waals surface area contributed by atoms with Gasteiger partial charge in [0.05, 0.1) is 13.2 Å². The molecule has 0 aliphatic rings. The molecule has 0 aliphatic carbocycles. The zero-order valence-corrected chi connectivity index (χ0v) is 14.2. The molecule has 0 bridgehead atoms. The van der Waals surface area contributed by atoms with Crippen LogP contribution in [0.25, 0.3) is 0 Å². The number of benzene rings is 2. The molecule has 0 aromatic heterocycles. The largest absolute Gasteiger partial charge is 0.490 e. The van der Waals surface area contributed by atoms with Gasteiger partial charge >= 0.3 is 0 Å². The van der Waals surface area contributed by atoms with Crippen LogP contribution in [0.5, 0.6) is 11.5 Å². The Kier molecular flexibility index (Phi) is 6.49. The van der Waals surface area contributed by atoms with Gasteiger partial charge in [0.15, 0.2) is 11.5 Å². The summed E-state index contributed by atoms with van der Waals surface area (Å²) in [6.45, 7) is 5.31. The number of nitrogens with two attached hydrogens (primary N) is 1. The first-order valence-electron chi connectivity index (χ1n) is 8.20. The van der Waals surface area contributed by atoms with Gasteiger partial charge in [-0.25, -0.2) is 0 Å². The van der Waals surface area contributed by atoms with Crippen molar-refractivity contribution in [2.45, 2.75) is 26.7 Å². The Hall–Kier alpha value is -2.69. The van der Waals surface area contributed by atoms with E-state index in [4.69, 9.17) is 15.2 Å². The van der Waals surface area contributed by atoms with Crippen LogP contribution in [-0.4, -0.2) is 19.1 Å². The SMILES string of the molecule is CCCOc1ccc(NC(=O)c2ccc(N)cc2)cc1OCCC. The molecule has 5 heteroatoms. The van der Waals surface area contributed by atoms with Gasteiger partial charge in [-0.3, -0.25) is 4.79 Å². The molecule has 5 nitrogen and oxygen atoms in total. The molecule has 0 atom stereocenters. The van der Waals surface area contributed by atoms with E-state index in [1.807, 2.05) is 19.9 Å². The number of nitrogens with one attached hydrogen (secondary N) is 1. The van der Waals surface area contributed by atoms with Gasteiger partial charge in [0.25, 0.3) is 5.91 Å². The van der Waals surface area contributed by atoms with E-state index in [-0.39, 0.29) is 5.91 Å². The molecular weight excluding hydrogens is 304 g/mol. The first-order chi connectivity index (χ1) is 11.6. The average Bonchev–Trinajstić information content (AvgIpc) is 2.59. The van der Waals surface area contributed by atoms with Gasteiger partial charge in [-0.1, -0.05) is 13.8 Å². The molecule has 0 aliphatic heterocycles. The summed E-state index contributed by atoms with van der Waals surface area (Å²) in [5.74, 6) is 1.13. The van der Waals surface area contributed by atoms with Crippen LogP contribution in [0.3, 0.4) is 0 Å². The minimum atomic E-state index is -0.196. The number of anilines is 2. The van der Waals surface area contributed by atoms with Crippen molar-refractivity contribution in [1.82, 2.24) is 0 Å². The normalized spacial score (nSPS) is 10.2. The first kappa shape index (κ1) is 17.7. The number of carbonyl (C=O) groups is 1. The smallest absolute Gasteiger partial charge is 0.255 e. The highest BCUT2D eigenvalue weighted by atomic mass is 16.5. The standard InChI is InChI=1S/C19H24N2O3/c1-3-11-23-17-10-9-16(13-18(17)24-12-4-2)21-19(22)14-5-7-15(20)8-6-14/h5-10,13H,3-4,11-12,20H2,1-2H3,(H,21,22). The molecule has 24 heavy (non-hydrogen) atoms. The van der Waals surface area contributed by atoms with Crippen LogP contribution in [0.15, 0.2) is 42.5 Å². The summed E-state index contributed by atoms with van der Waals surface area (Å²) in [7, 11) is 0. The van der Waals surface area contributed by atoms with Gasteiger partial charge in [0, 0.05) is 23.0 Å². The third-order valence-electron chi connectivity index (χ3n) is 3.30. The molecule has 0 saturated heterocycles. The van der Waals surface area contributed by atoms with Crippen molar-refractivity contribution in [3.05, 3.63) is 48.0 Å². The van der Waals surface area contributed by atoms with Gasteiger partial charge in [0.2, 0.25) is 0 Å². The van der Waals surface area contributed by atoms with Crippen molar-refractivity contribution >= 4 is 17.3 Å². The number of rotatable bonds is 8. The summed E-state index contributed by atoms with van der Waals surface area (Å²) in [5.41, 5.74) is 7.47. The number of hydrogen-bond donors (Lipinski definition) is 2. The molecule has 128 valence electrons. The monoisotopic (exact) mass is 328 g/mol. The molecule has 2 aromatic carbocycles. The number of ether oxygens (including phenoxy) is 2. The second kappa shape index (κ2) is 8.82. The molecule has 0 unspecified atom stereocenters. The number of hydrogen-bond acceptors (Lipinski definition) is 4. The number of amides is 1. The van der Waals surface area contributed by atoms with Crippen LogP contribution < -0.4 is 20.5 Å². The summed E-state index contributed by atoms with van der Waals surface area (Å²) < 4.78 is 11.4. The summed E-state index contributed by atoms with van der Waals surface area (Å²) in [5, 5.41) is 2.86. The minimum Gasteiger partial charge on any atom is -0.490 e. The van der Waals surface area contributed by atoms with Crippen LogP contribution in [0.2, 0.25) is 0 Å². The lowest BCUT2D eigenvalue weighted by Gasteiger charge is -2.14. The van der Waals surface area contributed by atoms with Crippen LogP contribution >= 0.6 is 0 Å². The summed E-state index contributed by atoms with van der Waals surface area (Å²) in [6.07, 6.45) is 1.82. The zero-order chi connectivity index (χ0) is 17.4. The maximum Gasteiger partial charge on any atom is 0.255 e. The third kappa shape index (κ3) is 4.91. The summed E-state index contributed by atoms with van der Waals surface area (Å²) in [4.78, 5) is 12.3. The first-order valence-corrected chi connectivity index (χ1v) is 8.20. The zero-order valence-electron chi connectivity index (χ0n) is 14.2. The molecule has 1 amide bonds. The third-order valence-corrected chi connectivity index (χ3v) is 3.30. The topological polar surface area (TPSA) is 73.6 Å². The van der Waals surface area contributed by atoms with Crippen molar-refractivity contribution in [3.8, 4) is 11.5 Å². The Morgan fingerprint density at radius 1 is 0.958 bits per heavy atom. The number of carbonyl (C=O) groups excluding carboxylic acids is 1. The van der Waals surface area contributed by atoms with Crippen molar-refractivity contribution < 1.29 is 14.3 Å². The van der Waals surface area contributed by atoms with Crippen molar-refractivity contribution in [1.29, 1.82) is 0 Å². The van der Waals surface area contributed by atoms with Gasteiger partial charge in [0.1, 0.15) is 0 Å². The fourth-order valence-electron chi connectivity index (χ4n) is 2.08. The van der Waals surface area contributed by atoms with Crippen molar-refractivity contribution in [2.75, 3.05) is 24.3 Å². The van der Waals surface area contributed by atoms with E-state index in [1.54, 1.807) is 36.4 Å². The maximum absolute atomic E-state index is 12.3. The van der Waals surface area contributed by atoms with Crippen molar-refractivity contribution in [2.24, 2.45) is 0 Å². The molecule has 0 saturated carbocycles. The lowest BCUT2D eigenvalue weighted by atomic mass is 10.2. The van der Waals surface area contributed by atoms with Crippen LogP contribution in [0.4, 0.5) is 11.4 Å². The molecule has 0 fully saturated rings. The number of nitrogen functional groups attached to an aromatic ring is 1. The van der Waals surface area contributed by atoms with Gasteiger partial charge in [-0.05, 0) is 49.2 Å². The second-order valence-electron chi connectivity index (χ2n) is 5.43. The lowest BCUT2D eigenvalue weighted by molar-refractivity contribution is 0.102. The summed E-state index contributed by atoms with van der Waals surface area (Å²) in [6, 6.07) is 12.2. The van der Waals surface area contributed by atoms with Crippen LogP contribution in [-0.2, 0) is 0 Å². The highest BCUT2D eigenvalue weighted by Crippen LogP contribution is 2.31. The van der Waals surface area contributed by atoms with E-state index in [0.717, 1.165) is 12.8 Å². The highest BCUT2D eigenvalue weighted by Gasteiger charge is 2.10. The molecule has 0 radical (unpaired) electrons.